The summed E-state index contributed by atoms with van der Waals surface area (Å²) < 4.78 is 5.52. The van der Waals surface area contributed by atoms with Crippen LogP contribution in [-0.4, -0.2) is 42.0 Å². The molecule has 0 heterocycles. The minimum Gasteiger partial charge on any atom is -0.457 e. The molecule has 0 amide bonds. The van der Waals surface area contributed by atoms with Crippen molar-refractivity contribution in [2.45, 2.75) is 31.4 Å². The molecule has 0 unspecified atom stereocenters. The summed E-state index contributed by atoms with van der Waals surface area (Å²) in [6.07, 6.45) is 2.82. The maximum Gasteiger partial charge on any atom is 0.338 e. The van der Waals surface area contributed by atoms with Crippen LogP contribution in [0.4, 0.5) is 5.69 Å². The molecule has 1 aliphatic rings. The average molecular weight is 278 g/mol. The van der Waals surface area contributed by atoms with Crippen LogP contribution in [0.3, 0.4) is 0 Å². The van der Waals surface area contributed by atoms with Crippen molar-refractivity contribution in [3.63, 3.8) is 0 Å². The first-order valence-electron chi connectivity index (χ1n) is 6.61. The molecule has 0 saturated heterocycles. The van der Waals surface area contributed by atoms with Crippen LogP contribution >= 0.6 is 0 Å². The lowest BCUT2D eigenvalue weighted by Gasteiger charge is -2.25. The molecule has 108 valence electrons. The first kappa shape index (κ1) is 14.5. The summed E-state index contributed by atoms with van der Waals surface area (Å²) in [5, 5.41) is 10.6. The Bertz CT molecular complexity index is 498. The van der Waals surface area contributed by atoms with Crippen LogP contribution in [0.5, 0.6) is 0 Å². The van der Waals surface area contributed by atoms with Gasteiger partial charge in [0, 0.05) is 18.2 Å². The average Bonchev–Trinajstić information content (AvgIpc) is 2.87. The lowest BCUT2D eigenvalue weighted by atomic mass is 10.2. The third kappa shape index (κ3) is 3.14. The van der Waals surface area contributed by atoms with Gasteiger partial charge in [0.25, 0.3) is 5.69 Å². The number of benzene rings is 1. The largest absolute Gasteiger partial charge is 0.457 e. The summed E-state index contributed by atoms with van der Waals surface area (Å²) in [4.78, 5) is 24.2. The van der Waals surface area contributed by atoms with Gasteiger partial charge in [-0.25, -0.2) is 4.79 Å². The zero-order valence-corrected chi connectivity index (χ0v) is 11.6. The van der Waals surface area contributed by atoms with Crippen molar-refractivity contribution in [1.29, 1.82) is 0 Å². The highest BCUT2D eigenvalue weighted by atomic mass is 16.6. The number of nitro groups is 1. The van der Waals surface area contributed by atoms with E-state index in [4.69, 9.17) is 4.74 Å². The van der Waals surface area contributed by atoms with Crippen LogP contribution in [0.2, 0.25) is 0 Å². The monoisotopic (exact) mass is 278 g/mol. The molecule has 0 aliphatic heterocycles. The minimum atomic E-state index is -0.492. The molecule has 20 heavy (non-hydrogen) atoms. The molecule has 1 aromatic carbocycles. The van der Waals surface area contributed by atoms with Crippen LogP contribution in [0.25, 0.3) is 0 Å². The van der Waals surface area contributed by atoms with Crippen LogP contribution in [0.15, 0.2) is 24.3 Å². The van der Waals surface area contributed by atoms with Gasteiger partial charge in [-0.2, -0.15) is 0 Å². The van der Waals surface area contributed by atoms with Crippen LogP contribution in [-0.2, 0) is 4.74 Å². The Morgan fingerprint density at radius 1 is 1.30 bits per heavy atom. The zero-order valence-electron chi connectivity index (χ0n) is 11.6. The molecule has 0 spiro atoms. The maximum absolute atomic E-state index is 12.0. The van der Waals surface area contributed by atoms with E-state index in [1.807, 2.05) is 14.1 Å². The first-order valence-corrected chi connectivity index (χ1v) is 6.61. The molecule has 0 radical (unpaired) electrons. The van der Waals surface area contributed by atoms with Crippen LogP contribution in [0.1, 0.15) is 29.6 Å². The Labute approximate surface area is 117 Å². The number of likely N-dealkylation sites (N-methyl/N-ethyl adjacent to an activating group) is 1. The van der Waals surface area contributed by atoms with E-state index in [0.717, 1.165) is 19.3 Å². The smallest absolute Gasteiger partial charge is 0.338 e. The number of ether oxygens (including phenoxy) is 1. The third-order valence-corrected chi connectivity index (χ3v) is 3.65. The van der Waals surface area contributed by atoms with Gasteiger partial charge in [-0.15, -0.1) is 0 Å². The summed E-state index contributed by atoms with van der Waals surface area (Å²) in [7, 11) is 3.95. The summed E-state index contributed by atoms with van der Waals surface area (Å²) in [6, 6.07) is 5.74. The number of carbonyl (C=O) groups is 1. The Kier molecular flexibility index (Phi) is 4.34. The lowest BCUT2D eigenvalue weighted by Crippen LogP contribution is -2.37. The quantitative estimate of drug-likeness (QED) is 0.480. The second kappa shape index (κ2) is 6.00. The molecule has 0 bridgehead atoms. The van der Waals surface area contributed by atoms with E-state index in [1.165, 1.54) is 24.3 Å². The predicted octanol–water partition coefficient (Wildman–Crippen LogP) is 2.23. The molecule has 1 aromatic rings. The van der Waals surface area contributed by atoms with Gasteiger partial charge in [0.1, 0.15) is 6.10 Å². The number of carbonyl (C=O) groups excluding carboxylic acids is 1. The van der Waals surface area contributed by atoms with E-state index in [-0.39, 0.29) is 17.8 Å². The van der Waals surface area contributed by atoms with Crippen LogP contribution in [0, 0.1) is 10.1 Å². The van der Waals surface area contributed by atoms with Gasteiger partial charge in [-0.1, -0.05) is 0 Å². The van der Waals surface area contributed by atoms with Gasteiger partial charge in [-0.3, -0.25) is 10.1 Å². The normalized spacial score (nSPS) is 21.9. The van der Waals surface area contributed by atoms with Crippen LogP contribution < -0.4 is 0 Å². The highest BCUT2D eigenvalue weighted by molar-refractivity contribution is 5.89. The van der Waals surface area contributed by atoms with Crippen molar-refractivity contribution in [2.75, 3.05) is 14.1 Å². The van der Waals surface area contributed by atoms with Gasteiger partial charge in [0.05, 0.1) is 10.5 Å². The molecular weight excluding hydrogens is 260 g/mol. The Morgan fingerprint density at radius 3 is 2.50 bits per heavy atom. The van der Waals surface area contributed by atoms with E-state index in [0.29, 0.717) is 5.56 Å². The van der Waals surface area contributed by atoms with Crippen molar-refractivity contribution in [3.8, 4) is 0 Å². The molecule has 2 atom stereocenters. The fourth-order valence-corrected chi connectivity index (χ4v) is 2.56. The maximum atomic E-state index is 12.0. The SMILES string of the molecule is CN(C)[C@@H]1CCC[C@@H]1OC(=O)c1ccc([N+](=O)[O-])cc1. The van der Waals surface area contributed by atoms with E-state index < -0.39 is 10.9 Å². The van der Waals surface area contributed by atoms with Crippen molar-refractivity contribution >= 4 is 11.7 Å². The Hall–Kier alpha value is -1.95. The third-order valence-electron chi connectivity index (χ3n) is 3.65. The highest BCUT2D eigenvalue weighted by Gasteiger charge is 2.32. The van der Waals surface area contributed by atoms with Crippen molar-refractivity contribution in [1.82, 2.24) is 4.90 Å². The standard InChI is InChI=1S/C14H18N2O4/c1-15(2)12-4-3-5-13(12)20-14(17)10-6-8-11(9-7-10)16(18)19/h6-9,12-13H,3-5H2,1-2H3/t12-,13+/m1/s1. The predicted molar refractivity (Wildman–Crippen MR) is 73.6 cm³/mol. The molecule has 1 aliphatic carbocycles. The fraction of sp³-hybridized carbons (Fsp3) is 0.500. The first-order chi connectivity index (χ1) is 9.49. The Balaban J connectivity index is 2.02. The molecule has 0 aromatic heterocycles. The summed E-state index contributed by atoms with van der Waals surface area (Å²) >= 11 is 0. The summed E-state index contributed by atoms with van der Waals surface area (Å²) in [5.41, 5.74) is 0.314. The van der Waals surface area contributed by atoms with E-state index in [1.54, 1.807) is 0 Å². The Morgan fingerprint density at radius 2 is 1.95 bits per heavy atom. The highest BCUT2D eigenvalue weighted by Crippen LogP contribution is 2.26. The van der Waals surface area contributed by atoms with E-state index >= 15 is 0 Å². The topological polar surface area (TPSA) is 72.7 Å². The van der Waals surface area contributed by atoms with Crippen molar-refractivity contribution in [2.24, 2.45) is 0 Å². The van der Waals surface area contributed by atoms with Gasteiger partial charge in [0.2, 0.25) is 0 Å². The number of nitro benzene ring substituents is 1. The number of hydrogen-bond acceptors (Lipinski definition) is 5. The number of rotatable bonds is 4. The number of nitrogens with zero attached hydrogens (tertiary/aromatic N) is 2. The number of non-ortho nitro benzene ring substituents is 1. The van der Waals surface area contributed by atoms with E-state index in [2.05, 4.69) is 4.90 Å². The van der Waals surface area contributed by atoms with Crippen molar-refractivity contribution in [3.05, 3.63) is 39.9 Å². The molecule has 1 fully saturated rings. The molecular formula is C14H18N2O4. The second-order valence-corrected chi connectivity index (χ2v) is 5.21. The summed E-state index contributed by atoms with van der Waals surface area (Å²) in [6.45, 7) is 0. The van der Waals surface area contributed by atoms with Gasteiger partial charge < -0.3 is 9.64 Å². The number of esters is 1. The lowest BCUT2D eigenvalue weighted by molar-refractivity contribution is -0.384. The van der Waals surface area contributed by atoms with Gasteiger partial charge >= 0.3 is 5.97 Å². The molecule has 2 rings (SSSR count). The fourth-order valence-electron chi connectivity index (χ4n) is 2.56. The zero-order chi connectivity index (χ0) is 14.7. The molecule has 1 saturated carbocycles. The van der Waals surface area contributed by atoms with E-state index in [9.17, 15) is 14.9 Å². The van der Waals surface area contributed by atoms with Gasteiger partial charge in [-0.05, 0) is 45.5 Å². The minimum absolute atomic E-state index is 0.0337. The second-order valence-electron chi connectivity index (χ2n) is 5.21. The molecule has 0 N–H and O–H groups in total. The molecule has 6 heteroatoms. The van der Waals surface area contributed by atoms with Gasteiger partial charge in [0.15, 0.2) is 0 Å². The number of hydrogen-bond donors (Lipinski definition) is 0. The van der Waals surface area contributed by atoms with Crippen molar-refractivity contribution < 1.29 is 14.5 Å². The molecule has 6 nitrogen and oxygen atoms in total. The summed E-state index contributed by atoms with van der Waals surface area (Å²) in [5.74, 6) is -0.418.